The number of carbonyl (C=O) groups is 2. The number of benzene rings is 2. The molecule has 0 atom stereocenters. The number of fused-ring (bicyclic) bond motifs is 1. The van der Waals surface area contributed by atoms with Crippen molar-refractivity contribution < 1.29 is 18.7 Å². The van der Waals surface area contributed by atoms with Crippen LogP contribution in [0.15, 0.2) is 81.9 Å². The average Bonchev–Trinajstić information content (AvgIpc) is 3.47. The number of carbonyl (C=O) groups excluding carboxylic acids is 2. The van der Waals surface area contributed by atoms with Crippen LogP contribution in [-0.2, 0) is 11.3 Å². The van der Waals surface area contributed by atoms with Gasteiger partial charge in [0.05, 0.1) is 25.6 Å². The van der Waals surface area contributed by atoms with Gasteiger partial charge in [0.2, 0.25) is 0 Å². The maximum atomic E-state index is 12.7. The van der Waals surface area contributed by atoms with E-state index in [4.69, 9.17) is 9.15 Å². The average molecular weight is 426 g/mol. The van der Waals surface area contributed by atoms with Crippen molar-refractivity contribution in [3.05, 3.63) is 95.0 Å². The summed E-state index contributed by atoms with van der Waals surface area (Å²) < 4.78 is 10.3. The second kappa shape index (κ2) is 9.02. The first-order valence-corrected chi connectivity index (χ1v) is 9.69. The van der Waals surface area contributed by atoms with Crippen LogP contribution < -0.4 is 15.4 Å². The molecule has 32 heavy (non-hydrogen) atoms. The van der Waals surface area contributed by atoms with E-state index in [1.165, 1.54) is 6.26 Å². The number of hydrogen-bond acceptors (Lipinski definition) is 6. The lowest BCUT2D eigenvalue weighted by Gasteiger charge is -2.07. The predicted molar refractivity (Wildman–Crippen MR) is 117 cm³/mol. The highest BCUT2D eigenvalue weighted by Gasteiger charge is 2.27. The highest BCUT2D eigenvalue weighted by molar-refractivity contribution is 6.20. The minimum atomic E-state index is -0.583. The number of aliphatic imine (C=N–C) groups is 1. The fraction of sp³-hybridized carbons (Fsp3) is 0.0833. The maximum absolute atomic E-state index is 12.7. The summed E-state index contributed by atoms with van der Waals surface area (Å²) in [6.07, 6.45) is 1.50. The molecule has 0 saturated carbocycles. The van der Waals surface area contributed by atoms with Crippen molar-refractivity contribution in [3.63, 3.8) is 0 Å². The van der Waals surface area contributed by atoms with Gasteiger partial charge in [-0.1, -0.05) is 24.3 Å². The van der Waals surface area contributed by atoms with Gasteiger partial charge in [-0.25, -0.2) is 4.99 Å². The number of nitrogens with zero attached hydrogens (tertiary/aromatic N) is 2. The molecular weight excluding hydrogens is 408 g/mol. The molecule has 158 valence electrons. The zero-order chi connectivity index (χ0) is 22.5. The van der Waals surface area contributed by atoms with Crippen LogP contribution in [0.4, 0.5) is 0 Å². The van der Waals surface area contributed by atoms with Crippen LogP contribution in [0.5, 0.6) is 5.75 Å². The summed E-state index contributed by atoms with van der Waals surface area (Å²) in [5.41, 5.74) is 1.67. The Morgan fingerprint density at radius 3 is 2.47 bits per heavy atom. The number of hydrogen-bond donors (Lipinski definition) is 2. The molecule has 2 heterocycles. The fourth-order valence-corrected chi connectivity index (χ4v) is 3.22. The lowest BCUT2D eigenvalue weighted by atomic mass is 10.0. The van der Waals surface area contributed by atoms with Gasteiger partial charge in [0.1, 0.15) is 29.0 Å². The largest absolute Gasteiger partial charge is 0.497 e. The van der Waals surface area contributed by atoms with Gasteiger partial charge in [-0.05, 0) is 36.4 Å². The molecule has 2 aromatic carbocycles. The minimum absolute atomic E-state index is 0.136. The second-order valence-electron chi connectivity index (χ2n) is 6.79. The number of nitrogens with one attached hydrogen (secondary N) is 2. The van der Waals surface area contributed by atoms with Crippen LogP contribution in [0, 0.1) is 11.3 Å². The van der Waals surface area contributed by atoms with E-state index < -0.39 is 5.91 Å². The first kappa shape index (κ1) is 20.6. The van der Waals surface area contributed by atoms with Crippen LogP contribution in [0.1, 0.15) is 27.2 Å². The molecule has 1 aliphatic rings. The van der Waals surface area contributed by atoms with Gasteiger partial charge in [-0.2, -0.15) is 5.26 Å². The Bertz CT molecular complexity index is 1270. The molecule has 0 saturated heterocycles. The summed E-state index contributed by atoms with van der Waals surface area (Å²) in [7, 11) is 1.55. The highest BCUT2D eigenvalue weighted by Crippen LogP contribution is 2.30. The van der Waals surface area contributed by atoms with Crippen LogP contribution in [0.2, 0.25) is 0 Å². The number of nitriles is 1. The molecule has 3 aromatic rings. The quantitative estimate of drug-likeness (QED) is 0.480. The number of rotatable bonds is 5. The monoisotopic (exact) mass is 426 g/mol. The third kappa shape index (κ3) is 4.13. The van der Waals surface area contributed by atoms with E-state index in [1.807, 2.05) is 6.07 Å². The van der Waals surface area contributed by atoms with Crippen LogP contribution in [0.3, 0.4) is 0 Å². The van der Waals surface area contributed by atoms with Crippen molar-refractivity contribution in [1.29, 1.82) is 5.26 Å². The minimum Gasteiger partial charge on any atom is -0.497 e. The number of amidine groups is 1. The Labute approximate surface area is 183 Å². The second-order valence-corrected chi connectivity index (χ2v) is 6.79. The Morgan fingerprint density at radius 2 is 1.81 bits per heavy atom. The lowest BCUT2D eigenvalue weighted by molar-refractivity contribution is -0.117. The van der Waals surface area contributed by atoms with Crippen molar-refractivity contribution in [2.75, 3.05) is 7.11 Å². The van der Waals surface area contributed by atoms with E-state index in [0.29, 0.717) is 28.2 Å². The molecule has 2 N–H and O–H groups in total. The molecule has 8 heteroatoms. The van der Waals surface area contributed by atoms with Gasteiger partial charge in [0.25, 0.3) is 11.8 Å². The van der Waals surface area contributed by atoms with Gasteiger partial charge >= 0.3 is 0 Å². The van der Waals surface area contributed by atoms with Gasteiger partial charge < -0.3 is 19.8 Å². The molecule has 1 aliphatic heterocycles. The molecule has 1 aromatic heterocycles. The molecule has 0 unspecified atom stereocenters. The third-order valence-electron chi connectivity index (χ3n) is 4.82. The topological polar surface area (TPSA) is 117 Å². The van der Waals surface area contributed by atoms with Gasteiger partial charge in [-0.15, -0.1) is 0 Å². The van der Waals surface area contributed by atoms with Gasteiger partial charge in [-0.3, -0.25) is 9.59 Å². The number of methoxy groups -OCH3 is 1. The van der Waals surface area contributed by atoms with Crippen molar-refractivity contribution >= 4 is 23.3 Å². The fourth-order valence-electron chi connectivity index (χ4n) is 3.22. The molecule has 0 fully saturated rings. The number of amides is 2. The first-order valence-electron chi connectivity index (χ1n) is 9.69. The molecule has 0 bridgehead atoms. The Hall–Kier alpha value is -4.64. The standard InChI is InChI=1S/C24H18N4O4/c1-31-16-10-8-15(9-11-16)23(29)28-22-19-7-3-2-6-18(19)21(27-22)20(13-25)24(30)26-14-17-5-4-12-32-17/h2-12H,14H2,1H3,(H,26,30)(H,27,28,29). The summed E-state index contributed by atoms with van der Waals surface area (Å²) in [6.45, 7) is 0.136. The molecule has 2 amide bonds. The van der Waals surface area contributed by atoms with Gasteiger partial charge in [0, 0.05) is 16.7 Å². The summed E-state index contributed by atoms with van der Waals surface area (Å²) >= 11 is 0. The summed E-state index contributed by atoms with van der Waals surface area (Å²) in [6, 6.07) is 19.1. The summed E-state index contributed by atoms with van der Waals surface area (Å²) in [5, 5.41) is 15.1. The molecule has 0 radical (unpaired) electrons. The molecular formula is C24H18N4O4. The van der Waals surface area contributed by atoms with Gasteiger partial charge in [0.15, 0.2) is 0 Å². The molecule has 0 spiro atoms. The number of ether oxygens (including phenoxy) is 1. The normalized spacial score (nSPS) is 13.4. The zero-order valence-electron chi connectivity index (χ0n) is 17.1. The highest BCUT2D eigenvalue weighted by atomic mass is 16.5. The van der Waals surface area contributed by atoms with Crippen LogP contribution in [-0.4, -0.2) is 24.8 Å². The molecule has 4 rings (SSSR count). The Kier molecular flexibility index (Phi) is 5.81. The number of furan rings is 1. The smallest absolute Gasteiger partial charge is 0.264 e. The van der Waals surface area contributed by atoms with Crippen molar-refractivity contribution in [2.24, 2.45) is 4.99 Å². The van der Waals surface area contributed by atoms with Crippen molar-refractivity contribution in [3.8, 4) is 11.8 Å². The van der Waals surface area contributed by atoms with E-state index in [-0.39, 0.29) is 29.6 Å². The Morgan fingerprint density at radius 1 is 1.06 bits per heavy atom. The van der Waals surface area contributed by atoms with Crippen molar-refractivity contribution in [1.82, 2.24) is 10.6 Å². The van der Waals surface area contributed by atoms with Crippen molar-refractivity contribution in [2.45, 2.75) is 6.54 Å². The zero-order valence-corrected chi connectivity index (χ0v) is 17.1. The maximum Gasteiger partial charge on any atom is 0.264 e. The lowest BCUT2D eigenvalue weighted by Crippen LogP contribution is -2.30. The van der Waals surface area contributed by atoms with E-state index in [0.717, 1.165) is 0 Å². The van der Waals surface area contributed by atoms with Crippen LogP contribution >= 0.6 is 0 Å². The van der Waals surface area contributed by atoms with Crippen LogP contribution in [0.25, 0.3) is 5.70 Å². The molecule has 0 aliphatic carbocycles. The third-order valence-corrected chi connectivity index (χ3v) is 4.82. The summed E-state index contributed by atoms with van der Waals surface area (Å²) in [5.74, 6) is 0.504. The van der Waals surface area contributed by atoms with E-state index >= 15 is 0 Å². The Balaban J connectivity index is 1.62. The predicted octanol–water partition coefficient (Wildman–Crippen LogP) is 3.03. The van der Waals surface area contributed by atoms with E-state index in [1.54, 1.807) is 67.8 Å². The molecule has 8 nitrogen and oxygen atoms in total. The first-order chi connectivity index (χ1) is 15.6. The summed E-state index contributed by atoms with van der Waals surface area (Å²) in [4.78, 5) is 29.8. The van der Waals surface area contributed by atoms with E-state index in [2.05, 4.69) is 15.6 Å². The van der Waals surface area contributed by atoms with E-state index in [9.17, 15) is 14.9 Å². The SMILES string of the molecule is COc1ccc(C(=O)NC2=NC(=C(C#N)C(=O)NCc3ccco3)c3ccccc32)cc1.